The monoisotopic (exact) mass is 382 g/mol. The normalized spacial score (nSPS) is 10.2. The van der Waals surface area contributed by atoms with Crippen LogP contribution in [0.25, 0.3) is 0 Å². The highest BCUT2D eigenvalue weighted by molar-refractivity contribution is 7.95. The third-order valence-electron chi connectivity index (χ3n) is 3.27. The standard InChI is InChI=1S/C20H14O4S2/c21-19(23-25-17-7-3-1-4-8-17)15-11-13-16(14-12-15)20(22)24-26-18-9-5-2-6-10-18/h1-14H. The quantitative estimate of drug-likeness (QED) is 0.531. The van der Waals surface area contributed by atoms with E-state index in [0.717, 1.165) is 33.9 Å². The van der Waals surface area contributed by atoms with E-state index in [9.17, 15) is 9.59 Å². The minimum absolute atomic E-state index is 0.362. The van der Waals surface area contributed by atoms with Crippen molar-refractivity contribution in [2.45, 2.75) is 9.79 Å². The van der Waals surface area contributed by atoms with Gasteiger partial charge >= 0.3 is 11.9 Å². The zero-order valence-electron chi connectivity index (χ0n) is 13.5. The third kappa shape index (κ3) is 5.15. The first kappa shape index (κ1) is 18.1. The lowest BCUT2D eigenvalue weighted by Crippen LogP contribution is -2.03. The highest BCUT2D eigenvalue weighted by Gasteiger charge is 2.12. The van der Waals surface area contributed by atoms with Gasteiger partial charge in [-0.25, -0.2) is 9.59 Å². The van der Waals surface area contributed by atoms with Gasteiger partial charge in [-0.3, -0.25) is 0 Å². The van der Waals surface area contributed by atoms with Crippen LogP contribution in [0.3, 0.4) is 0 Å². The summed E-state index contributed by atoms with van der Waals surface area (Å²) in [5.74, 6) is -0.949. The summed E-state index contributed by atoms with van der Waals surface area (Å²) in [5, 5.41) is 0. The molecule has 26 heavy (non-hydrogen) atoms. The van der Waals surface area contributed by atoms with Gasteiger partial charge in [0.2, 0.25) is 0 Å². The molecule has 0 amide bonds. The minimum atomic E-state index is -0.475. The molecule has 0 saturated heterocycles. The maximum Gasteiger partial charge on any atom is 0.350 e. The van der Waals surface area contributed by atoms with Crippen LogP contribution >= 0.6 is 24.1 Å². The van der Waals surface area contributed by atoms with Crippen molar-refractivity contribution in [3.8, 4) is 0 Å². The Bertz CT molecular complexity index is 791. The van der Waals surface area contributed by atoms with Gasteiger partial charge in [0.1, 0.15) is 0 Å². The van der Waals surface area contributed by atoms with E-state index >= 15 is 0 Å². The molecule has 0 heterocycles. The van der Waals surface area contributed by atoms with Crippen LogP contribution in [-0.2, 0) is 8.37 Å². The lowest BCUT2D eigenvalue weighted by Gasteiger charge is -2.05. The van der Waals surface area contributed by atoms with Crippen molar-refractivity contribution in [2.24, 2.45) is 0 Å². The summed E-state index contributed by atoms with van der Waals surface area (Å²) in [6.07, 6.45) is 0. The van der Waals surface area contributed by atoms with Crippen LogP contribution in [0.2, 0.25) is 0 Å². The van der Waals surface area contributed by atoms with E-state index in [1.807, 2.05) is 60.7 Å². The predicted molar refractivity (Wildman–Crippen MR) is 102 cm³/mol. The average Bonchev–Trinajstić information content (AvgIpc) is 2.72. The van der Waals surface area contributed by atoms with Gasteiger partial charge in [-0.15, -0.1) is 0 Å². The average molecular weight is 382 g/mol. The van der Waals surface area contributed by atoms with Crippen LogP contribution in [0.15, 0.2) is 94.7 Å². The van der Waals surface area contributed by atoms with Crippen molar-refractivity contribution in [3.63, 3.8) is 0 Å². The zero-order chi connectivity index (χ0) is 18.2. The zero-order valence-corrected chi connectivity index (χ0v) is 15.2. The summed E-state index contributed by atoms with van der Waals surface area (Å²) in [6, 6.07) is 24.8. The van der Waals surface area contributed by atoms with Crippen molar-refractivity contribution in [3.05, 3.63) is 96.1 Å². The Morgan fingerprint density at radius 2 is 0.885 bits per heavy atom. The van der Waals surface area contributed by atoms with Crippen LogP contribution in [0, 0.1) is 0 Å². The third-order valence-corrected chi connectivity index (χ3v) is 4.67. The smallest absolute Gasteiger partial charge is 0.350 e. The van der Waals surface area contributed by atoms with E-state index in [4.69, 9.17) is 8.37 Å². The first-order valence-corrected chi connectivity index (χ1v) is 9.18. The fourth-order valence-corrected chi connectivity index (χ4v) is 3.04. The molecule has 130 valence electrons. The maximum absolute atomic E-state index is 12.0. The van der Waals surface area contributed by atoms with Gasteiger partial charge in [0.15, 0.2) is 0 Å². The second-order valence-electron chi connectivity index (χ2n) is 5.11. The van der Waals surface area contributed by atoms with Crippen LogP contribution in [-0.4, -0.2) is 11.9 Å². The summed E-state index contributed by atoms with van der Waals surface area (Å²) in [6.45, 7) is 0. The number of hydrogen-bond acceptors (Lipinski definition) is 6. The van der Waals surface area contributed by atoms with Crippen molar-refractivity contribution < 1.29 is 18.0 Å². The first-order chi connectivity index (χ1) is 12.7. The Kier molecular flexibility index (Phi) is 6.35. The largest absolute Gasteiger partial charge is 0.382 e. The number of rotatable bonds is 6. The predicted octanol–water partition coefficient (Wildman–Crippen LogP) is 5.41. The summed E-state index contributed by atoms with van der Waals surface area (Å²) in [4.78, 5) is 25.8. The number of benzene rings is 3. The molecule has 0 saturated carbocycles. The fraction of sp³-hybridized carbons (Fsp3) is 0. The lowest BCUT2D eigenvalue weighted by atomic mass is 10.1. The molecule has 0 bridgehead atoms. The molecule has 0 fully saturated rings. The molecule has 4 nitrogen and oxygen atoms in total. The Morgan fingerprint density at radius 3 is 1.23 bits per heavy atom. The number of carbonyl (C=O) groups is 2. The fourth-order valence-electron chi connectivity index (χ4n) is 1.96. The van der Waals surface area contributed by atoms with E-state index in [-0.39, 0.29) is 0 Å². The highest BCUT2D eigenvalue weighted by atomic mass is 32.2. The van der Waals surface area contributed by atoms with Gasteiger partial charge in [-0.1, -0.05) is 36.4 Å². The van der Waals surface area contributed by atoms with Crippen LogP contribution in [0.5, 0.6) is 0 Å². The molecule has 3 aromatic carbocycles. The molecule has 0 radical (unpaired) electrons. The van der Waals surface area contributed by atoms with Gasteiger partial charge in [0, 0.05) is 9.79 Å². The van der Waals surface area contributed by atoms with Crippen molar-refractivity contribution in [1.82, 2.24) is 0 Å². The molecule has 6 heteroatoms. The lowest BCUT2D eigenvalue weighted by molar-refractivity contribution is 0.0753. The molecule has 0 N–H and O–H groups in total. The SMILES string of the molecule is O=C(OSc1ccccc1)c1ccc(C(=O)OSc2ccccc2)cc1. The highest BCUT2D eigenvalue weighted by Crippen LogP contribution is 2.22. The molecular formula is C20H14O4S2. The second kappa shape index (κ2) is 9.12. The van der Waals surface area contributed by atoms with Crippen LogP contribution in [0.4, 0.5) is 0 Å². The van der Waals surface area contributed by atoms with Crippen LogP contribution in [0.1, 0.15) is 20.7 Å². The first-order valence-electron chi connectivity index (χ1n) is 7.70. The number of hydrogen-bond donors (Lipinski definition) is 0. The number of carbonyl (C=O) groups excluding carboxylic acids is 2. The Hall–Kier alpha value is -2.70. The van der Waals surface area contributed by atoms with Crippen molar-refractivity contribution in [1.29, 1.82) is 0 Å². The maximum atomic E-state index is 12.0. The van der Waals surface area contributed by atoms with Gasteiger partial charge in [-0.05, 0) is 48.5 Å². The molecule has 0 spiro atoms. The van der Waals surface area contributed by atoms with Gasteiger partial charge < -0.3 is 8.37 Å². The minimum Gasteiger partial charge on any atom is -0.382 e. The molecule has 3 aromatic rings. The van der Waals surface area contributed by atoms with E-state index in [0.29, 0.717) is 11.1 Å². The van der Waals surface area contributed by atoms with Crippen molar-refractivity contribution >= 4 is 36.0 Å². The van der Waals surface area contributed by atoms with E-state index in [1.165, 1.54) is 24.3 Å². The Morgan fingerprint density at radius 1 is 0.538 bits per heavy atom. The Labute approximate surface area is 159 Å². The van der Waals surface area contributed by atoms with Crippen molar-refractivity contribution in [2.75, 3.05) is 0 Å². The summed E-state index contributed by atoms with van der Waals surface area (Å²) in [5.41, 5.74) is 0.724. The molecule has 3 rings (SSSR count). The van der Waals surface area contributed by atoms with Crippen LogP contribution < -0.4 is 0 Å². The molecule has 0 aliphatic heterocycles. The van der Waals surface area contributed by atoms with Gasteiger partial charge in [0.25, 0.3) is 0 Å². The topological polar surface area (TPSA) is 52.6 Å². The summed E-state index contributed by atoms with van der Waals surface area (Å²) >= 11 is 1.99. The molecular weight excluding hydrogens is 368 g/mol. The van der Waals surface area contributed by atoms with Gasteiger partial charge in [-0.2, -0.15) is 0 Å². The summed E-state index contributed by atoms with van der Waals surface area (Å²) in [7, 11) is 0. The molecule has 0 atom stereocenters. The molecule has 0 aliphatic rings. The van der Waals surface area contributed by atoms with E-state index in [1.54, 1.807) is 0 Å². The second-order valence-corrected chi connectivity index (χ2v) is 6.72. The van der Waals surface area contributed by atoms with E-state index < -0.39 is 11.9 Å². The van der Waals surface area contributed by atoms with E-state index in [2.05, 4.69) is 0 Å². The Balaban J connectivity index is 1.53. The molecule has 0 unspecified atom stereocenters. The molecule has 0 aromatic heterocycles. The molecule has 0 aliphatic carbocycles. The van der Waals surface area contributed by atoms with Gasteiger partial charge in [0.05, 0.1) is 35.2 Å². The summed E-state index contributed by atoms with van der Waals surface area (Å²) < 4.78 is 10.4.